The van der Waals surface area contributed by atoms with Crippen LogP contribution in [0.3, 0.4) is 0 Å². The second-order valence-electron chi connectivity index (χ2n) is 7.34. The van der Waals surface area contributed by atoms with Crippen molar-refractivity contribution in [3.8, 4) is 0 Å². The molecule has 2 unspecified atom stereocenters. The summed E-state index contributed by atoms with van der Waals surface area (Å²) in [5, 5.41) is 0.601. The van der Waals surface area contributed by atoms with Gasteiger partial charge in [-0.15, -0.1) is 0 Å². The number of rotatable bonds is 5. The van der Waals surface area contributed by atoms with E-state index in [9.17, 15) is 9.59 Å². The van der Waals surface area contributed by atoms with Gasteiger partial charge < -0.3 is 9.64 Å². The van der Waals surface area contributed by atoms with Crippen LogP contribution in [0.1, 0.15) is 25.8 Å². The van der Waals surface area contributed by atoms with E-state index in [0.717, 1.165) is 25.1 Å². The van der Waals surface area contributed by atoms with Gasteiger partial charge in [-0.05, 0) is 36.0 Å². The molecule has 1 aromatic rings. The van der Waals surface area contributed by atoms with Crippen molar-refractivity contribution >= 4 is 29.0 Å². The summed E-state index contributed by atoms with van der Waals surface area (Å²) in [6.45, 7) is 6.53. The Morgan fingerprint density at radius 3 is 2.27 bits per heavy atom. The van der Waals surface area contributed by atoms with E-state index in [2.05, 4.69) is 18.7 Å². The van der Waals surface area contributed by atoms with Gasteiger partial charge in [0.15, 0.2) is 0 Å². The lowest BCUT2D eigenvalue weighted by atomic mass is 9.91. The summed E-state index contributed by atoms with van der Waals surface area (Å²) < 4.78 is 5.08. The van der Waals surface area contributed by atoms with Crippen molar-refractivity contribution in [2.45, 2.75) is 20.3 Å². The van der Waals surface area contributed by atoms with Gasteiger partial charge in [0.2, 0.25) is 0 Å². The monoisotopic (exact) mass is 376 g/mol. The minimum absolute atomic E-state index is 0.224. The molecule has 2 amide bonds. The zero-order chi connectivity index (χ0) is 18.8. The van der Waals surface area contributed by atoms with E-state index < -0.39 is 0 Å². The maximum absolute atomic E-state index is 13.1. The van der Waals surface area contributed by atoms with E-state index in [1.54, 1.807) is 31.4 Å². The lowest BCUT2D eigenvalue weighted by Gasteiger charge is -2.37. The highest BCUT2D eigenvalue weighted by Crippen LogP contribution is 2.35. The molecule has 3 rings (SSSR count). The molecule has 1 fully saturated rings. The zero-order valence-corrected chi connectivity index (χ0v) is 16.3. The Kier molecular flexibility index (Phi) is 5.68. The second kappa shape index (κ2) is 7.80. The van der Waals surface area contributed by atoms with E-state index in [1.165, 1.54) is 4.90 Å². The van der Waals surface area contributed by atoms with Crippen molar-refractivity contribution in [2.24, 2.45) is 11.8 Å². The first-order chi connectivity index (χ1) is 12.4. The second-order valence-corrected chi connectivity index (χ2v) is 7.77. The molecule has 0 N–H and O–H groups in total. The Morgan fingerprint density at radius 2 is 1.69 bits per heavy atom. The van der Waals surface area contributed by atoms with Crippen molar-refractivity contribution in [1.82, 2.24) is 9.80 Å². The lowest BCUT2D eigenvalue weighted by molar-refractivity contribution is -0.138. The molecule has 2 heterocycles. The summed E-state index contributed by atoms with van der Waals surface area (Å²) in [6, 6.07) is 7.11. The fourth-order valence-electron chi connectivity index (χ4n) is 3.96. The van der Waals surface area contributed by atoms with Gasteiger partial charge in [0.25, 0.3) is 11.8 Å². The Balaban J connectivity index is 2.04. The summed E-state index contributed by atoms with van der Waals surface area (Å²) in [5.41, 5.74) is 1.73. The van der Waals surface area contributed by atoms with Crippen molar-refractivity contribution in [2.75, 3.05) is 33.4 Å². The molecule has 0 spiro atoms. The van der Waals surface area contributed by atoms with Gasteiger partial charge in [-0.25, -0.2) is 0 Å². The predicted molar refractivity (Wildman–Crippen MR) is 101 cm³/mol. The van der Waals surface area contributed by atoms with E-state index in [4.69, 9.17) is 16.3 Å². The molecule has 1 aromatic carbocycles. The molecule has 1 saturated heterocycles. The van der Waals surface area contributed by atoms with Crippen LogP contribution in [0.25, 0.3) is 5.57 Å². The van der Waals surface area contributed by atoms with Crippen LogP contribution in [-0.2, 0) is 14.3 Å². The number of carbonyl (C=O) groups is 2. The minimum atomic E-state index is -0.254. The highest BCUT2D eigenvalue weighted by Gasteiger charge is 2.42. The largest absolute Gasteiger partial charge is 0.383 e. The fraction of sp³-hybridized carbons (Fsp3) is 0.500. The molecular weight excluding hydrogens is 352 g/mol. The van der Waals surface area contributed by atoms with E-state index >= 15 is 0 Å². The molecule has 0 aromatic heterocycles. The van der Waals surface area contributed by atoms with Crippen LogP contribution in [0.4, 0.5) is 0 Å². The molecule has 140 valence electrons. The molecule has 5 nitrogen and oxygen atoms in total. The van der Waals surface area contributed by atoms with Crippen LogP contribution in [0.5, 0.6) is 0 Å². The molecule has 2 atom stereocenters. The Hall–Kier alpha value is -1.85. The lowest BCUT2D eigenvalue weighted by Crippen LogP contribution is -2.42. The number of carbonyl (C=O) groups excluding carboxylic acids is 2. The Morgan fingerprint density at radius 1 is 1.08 bits per heavy atom. The average Bonchev–Trinajstić information content (AvgIpc) is 2.83. The molecule has 0 saturated carbocycles. The number of hydrogen-bond donors (Lipinski definition) is 0. The molecule has 6 heteroatoms. The van der Waals surface area contributed by atoms with Crippen LogP contribution in [0, 0.1) is 11.8 Å². The van der Waals surface area contributed by atoms with Gasteiger partial charge in [0, 0.05) is 25.2 Å². The fourth-order valence-corrected chi connectivity index (χ4v) is 4.09. The number of methoxy groups -OCH3 is 1. The smallest absolute Gasteiger partial charge is 0.277 e. The number of imide groups is 1. The Bertz CT molecular complexity index is 719. The topological polar surface area (TPSA) is 49.9 Å². The van der Waals surface area contributed by atoms with Crippen molar-refractivity contribution in [1.29, 1.82) is 0 Å². The SMILES string of the molecule is COCCN1C(=O)C(c2ccc(Cl)cc2)=C(N2CC(C)CC(C)C2)C1=O. The van der Waals surface area contributed by atoms with Gasteiger partial charge in [-0.2, -0.15) is 0 Å². The predicted octanol–water partition coefficient (Wildman–Crippen LogP) is 3.04. The summed E-state index contributed by atoms with van der Waals surface area (Å²) in [7, 11) is 1.56. The van der Waals surface area contributed by atoms with Gasteiger partial charge in [0.1, 0.15) is 5.70 Å². The number of ether oxygens (including phenoxy) is 1. The van der Waals surface area contributed by atoms with Crippen molar-refractivity contribution < 1.29 is 14.3 Å². The van der Waals surface area contributed by atoms with Crippen LogP contribution in [-0.4, -0.2) is 55.0 Å². The maximum Gasteiger partial charge on any atom is 0.277 e. The third-order valence-electron chi connectivity index (χ3n) is 4.98. The number of piperidine rings is 1. The van der Waals surface area contributed by atoms with Crippen LogP contribution in [0.2, 0.25) is 5.02 Å². The number of likely N-dealkylation sites (tertiary alicyclic amines) is 1. The van der Waals surface area contributed by atoms with E-state index in [0.29, 0.717) is 34.7 Å². The summed E-state index contributed by atoms with van der Waals surface area (Å²) in [5.74, 6) is 0.482. The van der Waals surface area contributed by atoms with E-state index in [-0.39, 0.29) is 18.4 Å². The number of halogens is 1. The molecule has 0 aliphatic carbocycles. The normalized spacial score (nSPS) is 24.0. The standard InChI is InChI=1S/C20H25ClN2O3/c1-13-10-14(2)12-22(11-13)18-17(15-4-6-16(21)7-5-15)19(24)23(20(18)25)8-9-26-3/h4-7,13-14H,8-12H2,1-3H3. The third-order valence-corrected chi connectivity index (χ3v) is 5.23. The number of benzene rings is 1. The number of nitrogens with zero attached hydrogens (tertiary/aromatic N) is 2. The molecule has 26 heavy (non-hydrogen) atoms. The number of hydrogen-bond acceptors (Lipinski definition) is 4. The van der Waals surface area contributed by atoms with Gasteiger partial charge in [0.05, 0.1) is 18.7 Å². The molecule has 0 bridgehead atoms. The molecule has 0 radical (unpaired) electrons. The van der Waals surface area contributed by atoms with Gasteiger partial charge >= 0.3 is 0 Å². The highest BCUT2D eigenvalue weighted by molar-refractivity contribution is 6.36. The first-order valence-corrected chi connectivity index (χ1v) is 9.40. The van der Waals surface area contributed by atoms with Gasteiger partial charge in [-0.3, -0.25) is 14.5 Å². The highest BCUT2D eigenvalue weighted by atomic mass is 35.5. The Labute approximate surface area is 159 Å². The third kappa shape index (κ3) is 3.64. The van der Waals surface area contributed by atoms with Crippen LogP contribution >= 0.6 is 11.6 Å². The summed E-state index contributed by atoms with van der Waals surface area (Å²) in [4.78, 5) is 29.6. The minimum Gasteiger partial charge on any atom is -0.383 e. The van der Waals surface area contributed by atoms with Crippen LogP contribution < -0.4 is 0 Å². The molecular formula is C20H25ClN2O3. The quantitative estimate of drug-likeness (QED) is 0.741. The number of amides is 2. The van der Waals surface area contributed by atoms with E-state index in [1.807, 2.05) is 0 Å². The summed E-state index contributed by atoms with van der Waals surface area (Å²) >= 11 is 6.00. The van der Waals surface area contributed by atoms with Crippen molar-refractivity contribution in [3.63, 3.8) is 0 Å². The van der Waals surface area contributed by atoms with Crippen molar-refractivity contribution in [3.05, 3.63) is 40.5 Å². The van der Waals surface area contributed by atoms with Gasteiger partial charge in [-0.1, -0.05) is 37.6 Å². The first kappa shape index (κ1) is 18.9. The first-order valence-electron chi connectivity index (χ1n) is 9.02. The molecule has 2 aliphatic heterocycles. The molecule has 2 aliphatic rings. The maximum atomic E-state index is 13.1. The average molecular weight is 377 g/mol. The summed E-state index contributed by atoms with van der Waals surface area (Å²) in [6.07, 6.45) is 1.13. The zero-order valence-electron chi connectivity index (χ0n) is 15.5. The van der Waals surface area contributed by atoms with Crippen LogP contribution in [0.15, 0.2) is 30.0 Å².